The standard InChI is InChI=1S/C21H27N3O2S.ClH/c1-14(2)26-18-5-3-15(4-6-18)20-23-19(13-27-20)21(25)24-9-7-16-11-22-12-17(16)8-10-24;/h3-6,13-14,16-17,22H,7-12H2,1-2H3;1H/t16-,17+;. The van der Waals surface area contributed by atoms with Crippen LogP contribution in [0.1, 0.15) is 37.2 Å². The molecule has 152 valence electrons. The second kappa shape index (κ2) is 9.25. The molecule has 0 saturated carbocycles. The van der Waals surface area contributed by atoms with Crippen LogP contribution in [0.3, 0.4) is 0 Å². The summed E-state index contributed by atoms with van der Waals surface area (Å²) in [5, 5.41) is 6.25. The number of carbonyl (C=O) groups is 1. The van der Waals surface area contributed by atoms with Gasteiger partial charge >= 0.3 is 0 Å². The van der Waals surface area contributed by atoms with Crippen molar-refractivity contribution < 1.29 is 9.53 Å². The minimum atomic E-state index is 0. The number of halogens is 1. The highest BCUT2D eigenvalue weighted by Gasteiger charge is 2.32. The van der Waals surface area contributed by atoms with Crippen LogP contribution in [0.2, 0.25) is 0 Å². The molecule has 2 atom stereocenters. The van der Waals surface area contributed by atoms with Gasteiger partial charge in [0.15, 0.2) is 0 Å². The Morgan fingerprint density at radius 1 is 1.18 bits per heavy atom. The van der Waals surface area contributed by atoms with Crippen LogP contribution in [0.4, 0.5) is 0 Å². The van der Waals surface area contributed by atoms with Crippen molar-refractivity contribution in [2.45, 2.75) is 32.8 Å². The Hall–Kier alpha value is -1.63. The van der Waals surface area contributed by atoms with Crippen molar-refractivity contribution in [3.8, 4) is 16.3 Å². The molecule has 0 aliphatic carbocycles. The van der Waals surface area contributed by atoms with Gasteiger partial charge in [-0.3, -0.25) is 4.79 Å². The van der Waals surface area contributed by atoms with Crippen LogP contribution in [0.5, 0.6) is 5.75 Å². The number of nitrogens with one attached hydrogen (secondary N) is 1. The summed E-state index contributed by atoms with van der Waals surface area (Å²) in [5.41, 5.74) is 1.59. The molecule has 3 heterocycles. The molecule has 0 spiro atoms. The third-order valence-electron chi connectivity index (χ3n) is 5.50. The van der Waals surface area contributed by atoms with E-state index >= 15 is 0 Å². The summed E-state index contributed by atoms with van der Waals surface area (Å²) in [5.74, 6) is 2.37. The van der Waals surface area contributed by atoms with Gasteiger partial charge in [-0.15, -0.1) is 23.7 Å². The largest absolute Gasteiger partial charge is 0.491 e. The molecule has 1 amide bonds. The SMILES string of the molecule is CC(C)Oc1ccc(-c2nc(C(=O)N3CC[C@@H]4CNC[C@@H]4CC3)cs2)cc1.Cl. The molecule has 4 rings (SSSR count). The third-order valence-corrected chi connectivity index (χ3v) is 6.39. The van der Waals surface area contributed by atoms with Gasteiger partial charge < -0.3 is 15.0 Å². The Kier molecular flexibility index (Phi) is 6.96. The van der Waals surface area contributed by atoms with Crippen molar-refractivity contribution in [3.63, 3.8) is 0 Å². The molecule has 2 fully saturated rings. The normalized spacial score (nSPS) is 21.8. The van der Waals surface area contributed by atoms with E-state index in [0.717, 1.165) is 67.2 Å². The summed E-state index contributed by atoms with van der Waals surface area (Å²) in [6.07, 6.45) is 2.35. The molecule has 0 radical (unpaired) electrons. The van der Waals surface area contributed by atoms with E-state index in [2.05, 4.69) is 10.3 Å². The average Bonchev–Trinajstić information content (AvgIpc) is 3.27. The minimum absolute atomic E-state index is 0. The maximum absolute atomic E-state index is 12.9. The van der Waals surface area contributed by atoms with Gasteiger partial charge in [0.2, 0.25) is 0 Å². The lowest BCUT2D eigenvalue weighted by molar-refractivity contribution is 0.0753. The Morgan fingerprint density at radius 2 is 1.82 bits per heavy atom. The lowest BCUT2D eigenvalue weighted by Crippen LogP contribution is -2.33. The zero-order valence-electron chi connectivity index (χ0n) is 16.4. The first kappa shape index (κ1) is 21.1. The number of likely N-dealkylation sites (tertiary alicyclic amines) is 1. The Morgan fingerprint density at radius 3 is 2.43 bits per heavy atom. The molecule has 2 aromatic rings. The van der Waals surface area contributed by atoms with Crippen LogP contribution >= 0.6 is 23.7 Å². The van der Waals surface area contributed by atoms with Crippen LogP contribution in [0, 0.1) is 11.8 Å². The molecule has 2 aliphatic heterocycles. The Bertz CT molecular complexity index is 779. The van der Waals surface area contributed by atoms with E-state index in [9.17, 15) is 4.79 Å². The molecule has 1 aromatic heterocycles. The topological polar surface area (TPSA) is 54.5 Å². The van der Waals surface area contributed by atoms with E-state index < -0.39 is 0 Å². The molecule has 28 heavy (non-hydrogen) atoms. The predicted octanol–water partition coefficient (Wildman–Crippen LogP) is 4.09. The maximum Gasteiger partial charge on any atom is 0.273 e. The van der Waals surface area contributed by atoms with Crippen molar-refractivity contribution in [2.75, 3.05) is 26.2 Å². The second-order valence-corrected chi connectivity index (χ2v) is 8.63. The van der Waals surface area contributed by atoms with Crippen LogP contribution in [0.25, 0.3) is 10.6 Å². The van der Waals surface area contributed by atoms with E-state index in [0.29, 0.717) is 5.69 Å². The first-order valence-electron chi connectivity index (χ1n) is 9.83. The lowest BCUT2D eigenvalue weighted by atomic mass is 9.92. The monoisotopic (exact) mass is 421 g/mol. The van der Waals surface area contributed by atoms with Gasteiger partial charge in [0.05, 0.1) is 6.10 Å². The van der Waals surface area contributed by atoms with Gasteiger partial charge in [0.1, 0.15) is 16.5 Å². The molecule has 7 heteroatoms. The minimum Gasteiger partial charge on any atom is -0.491 e. The van der Waals surface area contributed by atoms with Gasteiger partial charge in [-0.1, -0.05) is 0 Å². The molecule has 2 saturated heterocycles. The summed E-state index contributed by atoms with van der Waals surface area (Å²) in [4.78, 5) is 19.5. The average molecular weight is 422 g/mol. The fourth-order valence-corrected chi connectivity index (χ4v) is 4.84. The smallest absolute Gasteiger partial charge is 0.273 e. The van der Waals surface area contributed by atoms with Gasteiger partial charge in [-0.2, -0.15) is 0 Å². The van der Waals surface area contributed by atoms with Gasteiger partial charge in [0, 0.05) is 24.0 Å². The number of ether oxygens (including phenoxy) is 1. The number of aromatic nitrogens is 1. The number of carbonyl (C=O) groups excluding carboxylic acids is 1. The first-order chi connectivity index (χ1) is 13.1. The van der Waals surface area contributed by atoms with Crippen LogP contribution in [-0.2, 0) is 0 Å². The highest BCUT2D eigenvalue weighted by molar-refractivity contribution is 7.13. The number of benzene rings is 1. The van der Waals surface area contributed by atoms with E-state index in [1.807, 2.05) is 48.4 Å². The number of fused-ring (bicyclic) bond motifs is 1. The van der Waals surface area contributed by atoms with Gasteiger partial charge in [0.25, 0.3) is 5.91 Å². The number of nitrogens with zero attached hydrogens (tertiary/aromatic N) is 2. The molecule has 0 bridgehead atoms. The number of hydrogen-bond acceptors (Lipinski definition) is 5. The van der Waals surface area contributed by atoms with E-state index in [1.54, 1.807) is 0 Å². The summed E-state index contributed by atoms with van der Waals surface area (Å²) in [6.45, 7) is 7.91. The predicted molar refractivity (Wildman–Crippen MR) is 116 cm³/mol. The molecule has 0 unspecified atom stereocenters. The fraction of sp³-hybridized carbons (Fsp3) is 0.524. The van der Waals surface area contributed by atoms with Gasteiger partial charge in [-0.25, -0.2) is 4.98 Å². The molecular formula is C21H28ClN3O2S. The number of amides is 1. The molecule has 2 aliphatic rings. The van der Waals surface area contributed by atoms with Crippen molar-refractivity contribution in [1.29, 1.82) is 0 Å². The summed E-state index contributed by atoms with van der Waals surface area (Å²) in [7, 11) is 0. The summed E-state index contributed by atoms with van der Waals surface area (Å²) in [6, 6.07) is 7.93. The molecule has 1 aromatic carbocycles. The van der Waals surface area contributed by atoms with E-state index in [1.165, 1.54) is 11.3 Å². The van der Waals surface area contributed by atoms with Crippen LogP contribution in [0.15, 0.2) is 29.6 Å². The van der Waals surface area contributed by atoms with Crippen molar-refractivity contribution >= 4 is 29.7 Å². The van der Waals surface area contributed by atoms with Crippen molar-refractivity contribution in [3.05, 3.63) is 35.3 Å². The highest BCUT2D eigenvalue weighted by atomic mass is 35.5. The van der Waals surface area contributed by atoms with Crippen LogP contribution < -0.4 is 10.1 Å². The number of rotatable bonds is 4. The van der Waals surface area contributed by atoms with Crippen molar-refractivity contribution in [2.24, 2.45) is 11.8 Å². The number of thiazole rings is 1. The van der Waals surface area contributed by atoms with E-state index in [-0.39, 0.29) is 24.4 Å². The Labute approximate surface area is 176 Å². The number of hydrogen-bond donors (Lipinski definition) is 1. The summed E-state index contributed by atoms with van der Waals surface area (Å²) < 4.78 is 5.69. The maximum atomic E-state index is 12.9. The quantitative estimate of drug-likeness (QED) is 0.807. The first-order valence-corrected chi connectivity index (χ1v) is 10.7. The molecule has 5 nitrogen and oxygen atoms in total. The fourth-order valence-electron chi connectivity index (χ4n) is 4.04. The molecule has 1 N–H and O–H groups in total. The lowest BCUT2D eigenvalue weighted by Gasteiger charge is -2.19. The second-order valence-electron chi connectivity index (χ2n) is 7.78. The van der Waals surface area contributed by atoms with E-state index in [4.69, 9.17) is 4.74 Å². The Balaban J connectivity index is 0.00000225. The summed E-state index contributed by atoms with van der Waals surface area (Å²) >= 11 is 1.53. The van der Waals surface area contributed by atoms with Crippen molar-refractivity contribution in [1.82, 2.24) is 15.2 Å². The van der Waals surface area contributed by atoms with Gasteiger partial charge in [-0.05, 0) is 75.9 Å². The third kappa shape index (κ3) is 4.67. The molecular weight excluding hydrogens is 394 g/mol. The van der Waals surface area contributed by atoms with Crippen LogP contribution in [-0.4, -0.2) is 48.1 Å². The zero-order valence-corrected chi connectivity index (χ0v) is 18.0. The highest BCUT2D eigenvalue weighted by Crippen LogP contribution is 2.29. The zero-order chi connectivity index (χ0) is 18.8.